The molecule has 0 saturated carbocycles. The van der Waals surface area contributed by atoms with Gasteiger partial charge in [0.05, 0.1) is 17.1 Å². The van der Waals surface area contributed by atoms with Crippen molar-refractivity contribution in [3.05, 3.63) is 90.9 Å². The van der Waals surface area contributed by atoms with Gasteiger partial charge in [0.25, 0.3) is 0 Å². The Bertz CT molecular complexity index is 1100. The van der Waals surface area contributed by atoms with Gasteiger partial charge >= 0.3 is 0 Å². The fourth-order valence-corrected chi connectivity index (χ4v) is 3.78. The number of rotatable bonds is 5. The van der Waals surface area contributed by atoms with E-state index in [1.807, 2.05) is 77.5 Å². The van der Waals surface area contributed by atoms with E-state index in [0.717, 1.165) is 16.8 Å². The molecule has 0 aliphatic heterocycles. The van der Waals surface area contributed by atoms with Gasteiger partial charge in [-0.2, -0.15) is 0 Å². The number of fused-ring (bicyclic) bond motifs is 1. The first-order chi connectivity index (χ1) is 12.6. The Balaban J connectivity index is 1.51. The Morgan fingerprint density at radius 2 is 1.54 bits per heavy atom. The minimum Gasteiger partial charge on any atom is -0.307 e. The fourth-order valence-electron chi connectivity index (χ4n) is 2.78. The molecule has 2 aromatic heterocycles. The molecular formula is C20H17N3O2S. The standard InChI is InChI=1S/C20H17N3O2S/c24-26(25,21-14-18-15-23-13-5-4-8-20(23)22-18)19-11-9-17(10-12-19)16-6-2-1-3-7-16/h1-13,15,21H,14H2. The smallest absolute Gasteiger partial charge is 0.240 e. The summed E-state index contributed by atoms with van der Waals surface area (Å²) in [6.45, 7) is 0.143. The predicted molar refractivity (Wildman–Crippen MR) is 101 cm³/mol. The predicted octanol–water partition coefficient (Wildman–Crippen LogP) is 3.48. The van der Waals surface area contributed by atoms with Gasteiger partial charge in [-0.15, -0.1) is 0 Å². The second kappa shape index (κ2) is 6.74. The molecule has 1 N–H and O–H groups in total. The molecule has 0 radical (unpaired) electrons. The molecule has 0 unspecified atom stereocenters. The Kier molecular flexibility index (Phi) is 4.28. The van der Waals surface area contributed by atoms with Gasteiger partial charge in [-0.3, -0.25) is 0 Å². The zero-order chi connectivity index (χ0) is 18.0. The van der Waals surface area contributed by atoms with Gasteiger partial charge in [0.2, 0.25) is 10.0 Å². The van der Waals surface area contributed by atoms with Gasteiger partial charge in [-0.25, -0.2) is 18.1 Å². The van der Waals surface area contributed by atoms with Crippen LogP contribution in [-0.4, -0.2) is 17.8 Å². The molecule has 4 rings (SSSR count). The average Bonchev–Trinajstić information content (AvgIpc) is 3.10. The van der Waals surface area contributed by atoms with E-state index in [9.17, 15) is 8.42 Å². The summed E-state index contributed by atoms with van der Waals surface area (Å²) in [6.07, 6.45) is 3.69. The lowest BCUT2D eigenvalue weighted by Gasteiger charge is -2.07. The quantitative estimate of drug-likeness (QED) is 0.590. The summed E-state index contributed by atoms with van der Waals surface area (Å²) in [5.74, 6) is 0. The maximum Gasteiger partial charge on any atom is 0.240 e. The van der Waals surface area contributed by atoms with Gasteiger partial charge in [-0.05, 0) is 35.4 Å². The number of benzene rings is 2. The molecule has 0 spiro atoms. The van der Waals surface area contributed by atoms with E-state index in [1.165, 1.54) is 0 Å². The monoisotopic (exact) mass is 363 g/mol. The molecule has 0 bridgehead atoms. The zero-order valence-electron chi connectivity index (χ0n) is 13.9. The van der Waals surface area contributed by atoms with E-state index >= 15 is 0 Å². The highest BCUT2D eigenvalue weighted by Gasteiger charge is 2.14. The molecule has 4 aromatic rings. The van der Waals surface area contributed by atoms with E-state index < -0.39 is 10.0 Å². The SMILES string of the molecule is O=S(=O)(NCc1cn2ccccc2n1)c1ccc(-c2ccccc2)cc1. The molecule has 2 heterocycles. The van der Waals surface area contributed by atoms with E-state index in [4.69, 9.17) is 0 Å². The van der Waals surface area contributed by atoms with Crippen molar-refractivity contribution in [2.75, 3.05) is 0 Å². The molecular weight excluding hydrogens is 346 g/mol. The summed E-state index contributed by atoms with van der Waals surface area (Å²) in [6, 6.07) is 22.4. The molecule has 5 nitrogen and oxygen atoms in total. The van der Waals surface area contributed by atoms with Gasteiger partial charge in [0.1, 0.15) is 5.65 Å². The molecule has 0 saturated heterocycles. The van der Waals surface area contributed by atoms with Gasteiger partial charge in [0, 0.05) is 12.4 Å². The second-order valence-electron chi connectivity index (χ2n) is 5.91. The van der Waals surface area contributed by atoms with Crippen molar-refractivity contribution >= 4 is 15.7 Å². The van der Waals surface area contributed by atoms with Crippen LogP contribution in [0.3, 0.4) is 0 Å². The molecule has 26 heavy (non-hydrogen) atoms. The number of aromatic nitrogens is 2. The van der Waals surface area contributed by atoms with Crippen molar-refractivity contribution in [3.63, 3.8) is 0 Å². The number of pyridine rings is 1. The van der Waals surface area contributed by atoms with Crippen LogP contribution < -0.4 is 4.72 Å². The highest BCUT2D eigenvalue weighted by Crippen LogP contribution is 2.21. The topological polar surface area (TPSA) is 63.5 Å². The van der Waals surface area contributed by atoms with Crippen molar-refractivity contribution in [3.8, 4) is 11.1 Å². The summed E-state index contributed by atoms with van der Waals surface area (Å²) in [5.41, 5.74) is 3.48. The maximum absolute atomic E-state index is 12.5. The lowest BCUT2D eigenvalue weighted by Crippen LogP contribution is -2.23. The van der Waals surface area contributed by atoms with Crippen LogP contribution in [-0.2, 0) is 16.6 Å². The number of nitrogens with one attached hydrogen (secondary N) is 1. The van der Waals surface area contributed by atoms with Crippen molar-refractivity contribution < 1.29 is 8.42 Å². The fraction of sp³-hybridized carbons (Fsp3) is 0.0500. The lowest BCUT2D eigenvalue weighted by molar-refractivity contribution is 0.580. The Labute approximate surface area is 152 Å². The summed E-state index contributed by atoms with van der Waals surface area (Å²) in [7, 11) is -3.59. The summed E-state index contributed by atoms with van der Waals surface area (Å²) in [4.78, 5) is 4.64. The minimum atomic E-state index is -3.59. The van der Waals surface area contributed by atoms with Crippen LogP contribution >= 0.6 is 0 Å². The molecule has 0 amide bonds. The van der Waals surface area contributed by atoms with Gasteiger partial charge in [0.15, 0.2) is 0 Å². The number of imidazole rings is 1. The number of nitrogens with zero attached hydrogens (tertiary/aromatic N) is 2. The number of hydrogen-bond donors (Lipinski definition) is 1. The van der Waals surface area contributed by atoms with Crippen LogP contribution in [0.1, 0.15) is 5.69 Å². The van der Waals surface area contributed by atoms with E-state index in [0.29, 0.717) is 5.69 Å². The van der Waals surface area contributed by atoms with E-state index in [2.05, 4.69) is 9.71 Å². The lowest BCUT2D eigenvalue weighted by atomic mass is 10.1. The van der Waals surface area contributed by atoms with E-state index in [1.54, 1.807) is 12.1 Å². The molecule has 130 valence electrons. The second-order valence-corrected chi connectivity index (χ2v) is 7.68. The summed E-state index contributed by atoms with van der Waals surface area (Å²) >= 11 is 0. The van der Waals surface area contributed by atoms with E-state index in [-0.39, 0.29) is 11.4 Å². The highest BCUT2D eigenvalue weighted by atomic mass is 32.2. The summed E-state index contributed by atoms with van der Waals surface area (Å²) < 4.78 is 29.5. The van der Waals surface area contributed by atoms with Crippen LogP contribution in [0.4, 0.5) is 0 Å². The normalized spacial score (nSPS) is 11.7. The average molecular weight is 363 g/mol. The highest BCUT2D eigenvalue weighted by molar-refractivity contribution is 7.89. The molecule has 2 aromatic carbocycles. The number of sulfonamides is 1. The molecule has 0 fully saturated rings. The summed E-state index contributed by atoms with van der Waals surface area (Å²) in [5, 5.41) is 0. The molecule has 0 aliphatic carbocycles. The first kappa shape index (κ1) is 16.5. The molecule has 0 aliphatic rings. The first-order valence-corrected chi connectivity index (χ1v) is 9.68. The van der Waals surface area contributed by atoms with Crippen LogP contribution in [0.15, 0.2) is 90.1 Å². The first-order valence-electron chi connectivity index (χ1n) is 8.20. The largest absolute Gasteiger partial charge is 0.307 e. The Morgan fingerprint density at radius 3 is 2.27 bits per heavy atom. The van der Waals surface area contributed by atoms with Gasteiger partial charge in [-0.1, -0.05) is 48.5 Å². The Hall–Kier alpha value is -2.96. The van der Waals surface area contributed by atoms with Crippen molar-refractivity contribution in [1.82, 2.24) is 14.1 Å². The minimum absolute atomic E-state index is 0.143. The van der Waals surface area contributed by atoms with Crippen LogP contribution in [0.2, 0.25) is 0 Å². The third-order valence-corrected chi connectivity index (χ3v) is 5.55. The van der Waals surface area contributed by atoms with Crippen LogP contribution in [0.25, 0.3) is 16.8 Å². The van der Waals surface area contributed by atoms with Crippen molar-refractivity contribution in [2.24, 2.45) is 0 Å². The maximum atomic E-state index is 12.5. The van der Waals surface area contributed by atoms with Crippen LogP contribution in [0, 0.1) is 0 Å². The third-order valence-electron chi connectivity index (χ3n) is 4.13. The van der Waals surface area contributed by atoms with Crippen LogP contribution in [0.5, 0.6) is 0 Å². The third kappa shape index (κ3) is 3.37. The van der Waals surface area contributed by atoms with Crippen molar-refractivity contribution in [1.29, 1.82) is 0 Å². The Morgan fingerprint density at radius 1 is 0.846 bits per heavy atom. The van der Waals surface area contributed by atoms with Crippen molar-refractivity contribution in [2.45, 2.75) is 11.4 Å². The number of hydrogen-bond acceptors (Lipinski definition) is 3. The van der Waals surface area contributed by atoms with Gasteiger partial charge < -0.3 is 4.40 Å². The molecule has 6 heteroatoms. The molecule has 0 atom stereocenters. The zero-order valence-corrected chi connectivity index (χ0v) is 14.7.